The average molecular weight is 407 g/mol. The van der Waals surface area contributed by atoms with E-state index in [-0.39, 0.29) is 11.8 Å². The van der Waals surface area contributed by atoms with Crippen molar-refractivity contribution < 1.29 is 4.79 Å². The summed E-state index contributed by atoms with van der Waals surface area (Å²) in [6.07, 6.45) is 11.2. The Morgan fingerprint density at radius 1 is 1.23 bits per heavy atom. The highest BCUT2D eigenvalue weighted by atomic mass is 16.2. The molecular formula is C23H30N6O. The third kappa shape index (κ3) is 4.67. The zero-order valence-electron chi connectivity index (χ0n) is 18.2. The fraction of sp³-hybridized carbons (Fsp3) is 0.391. The van der Waals surface area contributed by atoms with E-state index in [0.29, 0.717) is 5.82 Å². The lowest BCUT2D eigenvalue weighted by Gasteiger charge is -2.34. The molecule has 0 aromatic carbocycles. The lowest BCUT2D eigenvalue weighted by molar-refractivity contribution is -0.134. The summed E-state index contributed by atoms with van der Waals surface area (Å²) in [6, 6.07) is 1.91. The Hall–Kier alpha value is -3.22. The van der Waals surface area contributed by atoms with Crippen LogP contribution in [0.15, 0.2) is 49.0 Å². The SMILES string of the molecule is C=C(/C=C\C(=C/C)N1CCC(C(=O)N(C)C)CC1)c1cc2nccnc2c(NC)n1. The summed E-state index contributed by atoms with van der Waals surface area (Å²) in [5.74, 6) is 1.03. The van der Waals surface area contributed by atoms with Crippen LogP contribution in [0.2, 0.25) is 0 Å². The van der Waals surface area contributed by atoms with E-state index in [1.165, 1.54) is 0 Å². The molecule has 0 aliphatic carbocycles. The van der Waals surface area contributed by atoms with E-state index in [4.69, 9.17) is 0 Å². The van der Waals surface area contributed by atoms with Gasteiger partial charge in [-0.2, -0.15) is 0 Å². The summed E-state index contributed by atoms with van der Waals surface area (Å²) in [4.78, 5) is 29.6. The largest absolute Gasteiger partial charge is 0.372 e. The molecular weight excluding hydrogens is 376 g/mol. The minimum atomic E-state index is 0.121. The maximum atomic E-state index is 12.2. The number of hydrogen-bond acceptors (Lipinski definition) is 6. The van der Waals surface area contributed by atoms with Crippen molar-refractivity contribution in [2.45, 2.75) is 19.8 Å². The molecule has 2 aromatic heterocycles. The molecule has 0 atom stereocenters. The van der Waals surface area contributed by atoms with Crippen LogP contribution in [0.25, 0.3) is 16.6 Å². The molecule has 7 nitrogen and oxygen atoms in total. The van der Waals surface area contributed by atoms with Gasteiger partial charge < -0.3 is 15.1 Å². The highest BCUT2D eigenvalue weighted by Crippen LogP contribution is 2.25. The van der Waals surface area contributed by atoms with Crippen LogP contribution in [0.1, 0.15) is 25.5 Å². The van der Waals surface area contributed by atoms with Crippen LogP contribution in [0, 0.1) is 5.92 Å². The van der Waals surface area contributed by atoms with Gasteiger partial charge in [0.25, 0.3) is 0 Å². The standard InChI is InChI=1S/C23H30N6O/c1-6-18(29-13-9-17(10-14-29)23(30)28(4)5)8-7-16(2)19-15-20-21(22(24-3)27-19)26-12-11-25-20/h6-8,11-12,15,17H,2,9-10,13-14H2,1,3-5H3,(H,24,27)/b8-7-,18-6+. The van der Waals surface area contributed by atoms with Crippen LogP contribution in [0.5, 0.6) is 0 Å². The number of nitrogens with zero attached hydrogens (tertiary/aromatic N) is 5. The first-order valence-electron chi connectivity index (χ1n) is 10.2. The molecule has 0 radical (unpaired) electrons. The maximum absolute atomic E-state index is 12.2. The van der Waals surface area contributed by atoms with Gasteiger partial charge in [0, 0.05) is 58.2 Å². The lowest BCUT2D eigenvalue weighted by atomic mass is 9.95. The first-order chi connectivity index (χ1) is 14.4. The van der Waals surface area contributed by atoms with Crippen LogP contribution >= 0.6 is 0 Å². The number of fused-ring (bicyclic) bond motifs is 1. The smallest absolute Gasteiger partial charge is 0.225 e. The fourth-order valence-electron chi connectivity index (χ4n) is 3.72. The Bertz CT molecular complexity index is 986. The molecule has 2 aromatic rings. The Labute approximate surface area is 178 Å². The Balaban J connectivity index is 1.71. The van der Waals surface area contributed by atoms with E-state index in [0.717, 1.165) is 53.9 Å². The molecule has 1 N–H and O–H groups in total. The van der Waals surface area contributed by atoms with E-state index in [2.05, 4.69) is 43.9 Å². The van der Waals surface area contributed by atoms with Gasteiger partial charge in [0.2, 0.25) is 5.91 Å². The number of carbonyl (C=O) groups is 1. The number of piperidine rings is 1. The first-order valence-corrected chi connectivity index (χ1v) is 10.2. The number of hydrogen-bond donors (Lipinski definition) is 1. The van der Waals surface area contributed by atoms with Gasteiger partial charge in [-0.25, -0.2) is 9.97 Å². The molecule has 0 unspecified atom stereocenters. The van der Waals surface area contributed by atoms with Crippen LogP contribution < -0.4 is 5.32 Å². The molecule has 30 heavy (non-hydrogen) atoms. The molecule has 1 saturated heterocycles. The van der Waals surface area contributed by atoms with E-state index in [1.54, 1.807) is 17.3 Å². The quantitative estimate of drug-likeness (QED) is 0.742. The maximum Gasteiger partial charge on any atom is 0.225 e. The number of likely N-dealkylation sites (tertiary alicyclic amines) is 1. The molecule has 1 aliphatic heterocycles. The summed E-state index contributed by atoms with van der Waals surface area (Å²) < 4.78 is 0. The van der Waals surface area contributed by atoms with Crippen LogP contribution in [0.4, 0.5) is 5.82 Å². The number of rotatable bonds is 6. The fourth-order valence-corrected chi connectivity index (χ4v) is 3.72. The topological polar surface area (TPSA) is 74.2 Å². The lowest BCUT2D eigenvalue weighted by Crippen LogP contribution is -2.39. The third-order valence-electron chi connectivity index (χ3n) is 5.42. The Morgan fingerprint density at radius 2 is 1.93 bits per heavy atom. The monoisotopic (exact) mass is 406 g/mol. The predicted octanol–water partition coefficient (Wildman–Crippen LogP) is 3.34. The van der Waals surface area contributed by atoms with E-state index < -0.39 is 0 Å². The Kier molecular flexibility index (Phi) is 6.82. The molecule has 1 aliphatic rings. The van der Waals surface area contributed by atoms with Gasteiger partial charge in [-0.05, 0) is 37.5 Å². The number of nitrogens with one attached hydrogen (secondary N) is 1. The minimum absolute atomic E-state index is 0.121. The second-order valence-electron chi connectivity index (χ2n) is 7.60. The van der Waals surface area contributed by atoms with Crippen molar-refractivity contribution >= 4 is 28.3 Å². The predicted molar refractivity (Wildman–Crippen MR) is 122 cm³/mol. The van der Waals surface area contributed by atoms with Crippen molar-refractivity contribution in [3.8, 4) is 0 Å². The molecule has 7 heteroatoms. The summed E-state index contributed by atoms with van der Waals surface area (Å²) in [7, 11) is 5.47. The molecule has 3 heterocycles. The zero-order chi connectivity index (χ0) is 21.7. The zero-order valence-corrected chi connectivity index (χ0v) is 18.2. The molecule has 3 rings (SSSR count). The van der Waals surface area contributed by atoms with Gasteiger partial charge in [-0.15, -0.1) is 0 Å². The van der Waals surface area contributed by atoms with Crippen molar-refractivity contribution in [3.63, 3.8) is 0 Å². The van der Waals surface area contributed by atoms with Gasteiger partial charge >= 0.3 is 0 Å². The molecule has 158 valence electrons. The first kappa shape index (κ1) is 21.5. The molecule has 0 saturated carbocycles. The van der Waals surface area contributed by atoms with Crippen molar-refractivity contribution in [1.82, 2.24) is 24.8 Å². The van der Waals surface area contributed by atoms with E-state index in [1.807, 2.05) is 40.2 Å². The van der Waals surface area contributed by atoms with Crippen molar-refractivity contribution in [1.29, 1.82) is 0 Å². The van der Waals surface area contributed by atoms with Crippen molar-refractivity contribution in [2.75, 3.05) is 39.5 Å². The van der Waals surface area contributed by atoms with E-state index in [9.17, 15) is 4.79 Å². The average Bonchev–Trinajstić information content (AvgIpc) is 2.78. The van der Waals surface area contributed by atoms with Crippen LogP contribution in [-0.4, -0.2) is 64.9 Å². The number of aromatic nitrogens is 3. The number of amides is 1. The van der Waals surface area contributed by atoms with Gasteiger partial charge in [-0.1, -0.05) is 18.7 Å². The third-order valence-corrected chi connectivity index (χ3v) is 5.42. The summed E-state index contributed by atoms with van der Waals surface area (Å²) in [6.45, 7) is 7.96. The molecule has 1 amide bonds. The second-order valence-corrected chi connectivity index (χ2v) is 7.60. The number of carbonyl (C=O) groups excluding carboxylic acids is 1. The minimum Gasteiger partial charge on any atom is -0.372 e. The van der Waals surface area contributed by atoms with Gasteiger partial charge in [0.1, 0.15) is 5.52 Å². The summed E-state index contributed by atoms with van der Waals surface area (Å²) in [5, 5.41) is 3.08. The van der Waals surface area contributed by atoms with Gasteiger partial charge in [0.05, 0.1) is 11.2 Å². The molecule has 0 bridgehead atoms. The van der Waals surface area contributed by atoms with Crippen molar-refractivity contribution in [3.05, 3.63) is 54.7 Å². The number of pyridine rings is 1. The number of anilines is 1. The van der Waals surface area contributed by atoms with Crippen molar-refractivity contribution in [2.24, 2.45) is 5.92 Å². The number of allylic oxidation sites excluding steroid dienone is 4. The normalized spacial score (nSPS) is 15.6. The van der Waals surface area contributed by atoms with Gasteiger partial charge in [-0.3, -0.25) is 9.78 Å². The van der Waals surface area contributed by atoms with Crippen LogP contribution in [-0.2, 0) is 4.79 Å². The highest BCUT2D eigenvalue weighted by molar-refractivity contribution is 5.88. The highest BCUT2D eigenvalue weighted by Gasteiger charge is 2.26. The van der Waals surface area contributed by atoms with E-state index >= 15 is 0 Å². The van der Waals surface area contributed by atoms with Crippen LogP contribution in [0.3, 0.4) is 0 Å². The van der Waals surface area contributed by atoms with Gasteiger partial charge in [0.15, 0.2) is 5.82 Å². The molecule has 0 spiro atoms. The molecule has 1 fully saturated rings. The summed E-state index contributed by atoms with van der Waals surface area (Å²) >= 11 is 0. The second kappa shape index (κ2) is 9.52. The Morgan fingerprint density at radius 3 is 2.57 bits per heavy atom. The summed E-state index contributed by atoms with van der Waals surface area (Å²) in [5.41, 5.74) is 4.21.